The van der Waals surface area contributed by atoms with Gasteiger partial charge in [0.15, 0.2) is 0 Å². The SMILES string of the molecule is CCCCCCCCCCCC/C=C/C(O)C(CO)NC(=O)CCCCCCCCCCCCCCCCCOC(=O)CCCCCCCCCCCCCCCCC. The number of hydrogen-bond donors (Lipinski definition) is 3. The molecule has 6 nitrogen and oxygen atoms in total. The summed E-state index contributed by atoms with van der Waals surface area (Å²) in [7, 11) is 0. The van der Waals surface area contributed by atoms with Crippen molar-refractivity contribution in [1.82, 2.24) is 5.32 Å². The largest absolute Gasteiger partial charge is 0.466 e. The molecule has 3 N–H and O–H groups in total. The van der Waals surface area contributed by atoms with Gasteiger partial charge >= 0.3 is 5.97 Å². The molecule has 0 spiro atoms. The van der Waals surface area contributed by atoms with Crippen LogP contribution in [0.3, 0.4) is 0 Å². The van der Waals surface area contributed by atoms with E-state index >= 15 is 0 Å². The lowest BCUT2D eigenvalue weighted by Gasteiger charge is -2.20. The van der Waals surface area contributed by atoms with E-state index in [1.807, 2.05) is 6.08 Å². The number of carbonyl (C=O) groups is 2. The second kappa shape index (κ2) is 49.3. The van der Waals surface area contributed by atoms with E-state index in [4.69, 9.17) is 4.74 Å². The van der Waals surface area contributed by atoms with Gasteiger partial charge < -0.3 is 20.3 Å². The highest BCUT2D eigenvalue weighted by Gasteiger charge is 2.18. The highest BCUT2D eigenvalue weighted by molar-refractivity contribution is 5.76. The summed E-state index contributed by atoms with van der Waals surface area (Å²) >= 11 is 0. The number of hydrogen-bond acceptors (Lipinski definition) is 5. The molecule has 0 heterocycles. The van der Waals surface area contributed by atoms with Crippen LogP contribution in [0, 0.1) is 0 Å². The molecule has 2 atom stereocenters. The van der Waals surface area contributed by atoms with E-state index < -0.39 is 12.1 Å². The van der Waals surface area contributed by atoms with Gasteiger partial charge in [0.2, 0.25) is 5.91 Å². The molecule has 1 amide bonds. The second-order valence-electron chi connectivity index (χ2n) is 18.2. The summed E-state index contributed by atoms with van der Waals surface area (Å²) in [6, 6.07) is -0.632. The summed E-state index contributed by atoms with van der Waals surface area (Å²) in [5, 5.41) is 23.0. The number of allylic oxidation sites excluding steroid dienone is 1. The molecule has 59 heavy (non-hydrogen) atoms. The highest BCUT2D eigenvalue weighted by atomic mass is 16.5. The quantitative estimate of drug-likeness (QED) is 0.0322. The van der Waals surface area contributed by atoms with E-state index in [9.17, 15) is 19.8 Å². The van der Waals surface area contributed by atoms with Gasteiger partial charge in [-0.3, -0.25) is 9.59 Å². The number of unbranched alkanes of at least 4 members (excludes halogenated alkanes) is 38. The standard InChI is InChI=1S/C53H103NO5/c1-3-5-7-9-11-13-15-17-19-23-27-31-35-39-43-47-53(58)59-48-44-40-36-32-28-24-21-18-20-22-26-30-34-38-42-46-52(57)54-50(49-55)51(56)45-41-37-33-29-25-16-14-12-10-8-6-4-2/h41,45,50-51,55-56H,3-40,42-44,46-49H2,1-2H3,(H,54,57)/b45-41+. The summed E-state index contributed by atoms with van der Waals surface area (Å²) in [4.78, 5) is 24.4. The van der Waals surface area contributed by atoms with Gasteiger partial charge in [0.05, 0.1) is 25.4 Å². The number of aliphatic hydroxyl groups excluding tert-OH is 2. The third-order valence-electron chi connectivity index (χ3n) is 12.3. The lowest BCUT2D eigenvalue weighted by Crippen LogP contribution is -2.45. The van der Waals surface area contributed by atoms with Crippen LogP contribution in [0.1, 0.15) is 290 Å². The molecule has 0 fully saturated rings. The minimum atomic E-state index is -0.848. The van der Waals surface area contributed by atoms with Crippen molar-refractivity contribution < 1.29 is 24.5 Å². The number of nitrogens with one attached hydrogen (secondary N) is 1. The Balaban J connectivity index is 3.43. The topological polar surface area (TPSA) is 95.9 Å². The van der Waals surface area contributed by atoms with Crippen molar-refractivity contribution in [2.75, 3.05) is 13.2 Å². The molecular weight excluding hydrogens is 731 g/mol. The molecule has 0 aromatic heterocycles. The van der Waals surface area contributed by atoms with Crippen LogP contribution in [0.15, 0.2) is 12.2 Å². The maximum atomic E-state index is 12.4. The molecule has 0 saturated heterocycles. The Labute approximate surface area is 368 Å². The van der Waals surface area contributed by atoms with Crippen molar-refractivity contribution in [2.24, 2.45) is 0 Å². The third-order valence-corrected chi connectivity index (χ3v) is 12.3. The molecule has 0 rings (SSSR count). The number of ether oxygens (including phenoxy) is 1. The molecule has 0 saturated carbocycles. The second-order valence-corrected chi connectivity index (χ2v) is 18.2. The first-order chi connectivity index (χ1) is 29.0. The smallest absolute Gasteiger partial charge is 0.305 e. The number of amides is 1. The van der Waals surface area contributed by atoms with Crippen molar-refractivity contribution in [1.29, 1.82) is 0 Å². The van der Waals surface area contributed by atoms with Gasteiger partial charge in [-0.05, 0) is 32.1 Å². The first-order valence-electron chi connectivity index (χ1n) is 26.5. The molecule has 350 valence electrons. The average molecular weight is 834 g/mol. The van der Waals surface area contributed by atoms with Crippen LogP contribution in [-0.2, 0) is 14.3 Å². The molecule has 0 aliphatic carbocycles. The third kappa shape index (κ3) is 45.9. The van der Waals surface area contributed by atoms with Gasteiger partial charge in [0.1, 0.15) is 0 Å². The molecule has 2 unspecified atom stereocenters. The Morgan fingerprint density at radius 3 is 1.15 bits per heavy atom. The first-order valence-corrected chi connectivity index (χ1v) is 26.5. The molecule has 6 heteroatoms. The van der Waals surface area contributed by atoms with Gasteiger partial charge in [-0.15, -0.1) is 0 Å². The zero-order valence-corrected chi connectivity index (χ0v) is 39.7. The summed E-state index contributed by atoms with van der Waals surface area (Å²) in [6.45, 7) is 4.89. The highest BCUT2D eigenvalue weighted by Crippen LogP contribution is 2.17. The summed E-state index contributed by atoms with van der Waals surface area (Å²) in [5.41, 5.74) is 0. The van der Waals surface area contributed by atoms with Crippen LogP contribution >= 0.6 is 0 Å². The summed E-state index contributed by atoms with van der Waals surface area (Å²) in [6.07, 6.45) is 56.4. The average Bonchev–Trinajstić information content (AvgIpc) is 3.24. The zero-order chi connectivity index (χ0) is 43.0. The lowest BCUT2D eigenvalue weighted by atomic mass is 10.0. The van der Waals surface area contributed by atoms with Crippen LogP contribution < -0.4 is 5.32 Å². The molecule has 0 aromatic carbocycles. The number of aliphatic hydroxyl groups is 2. The van der Waals surface area contributed by atoms with Gasteiger partial charge in [-0.2, -0.15) is 0 Å². The zero-order valence-electron chi connectivity index (χ0n) is 39.7. The van der Waals surface area contributed by atoms with E-state index in [0.29, 0.717) is 19.4 Å². The fourth-order valence-electron chi connectivity index (χ4n) is 8.22. The van der Waals surface area contributed by atoms with E-state index in [-0.39, 0.29) is 18.5 Å². The van der Waals surface area contributed by atoms with E-state index in [2.05, 4.69) is 19.2 Å². The fourth-order valence-corrected chi connectivity index (χ4v) is 8.22. The Kier molecular flexibility index (Phi) is 48.1. The Morgan fingerprint density at radius 1 is 0.458 bits per heavy atom. The van der Waals surface area contributed by atoms with Crippen LogP contribution in [0.5, 0.6) is 0 Å². The van der Waals surface area contributed by atoms with Gasteiger partial charge in [0, 0.05) is 12.8 Å². The predicted octanol–water partition coefficient (Wildman–Crippen LogP) is 15.7. The summed E-state index contributed by atoms with van der Waals surface area (Å²) < 4.78 is 5.47. The minimum absolute atomic E-state index is 0.00243. The van der Waals surface area contributed by atoms with Crippen molar-refractivity contribution in [3.63, 3.8) is 0 Å². The Hall–Kier alpha value is -1.40. The van der Waals surface area contributed by atoms with Crippen LogP contribution in [0.4, 0.5) is 0 Å². The molecule has 0 aliphatic heterocycles. The number of carbonyl (C=O) groups excluding carboxylic acids is 2. The lowest BCUT2D eigenvalue weighted by molar-refractivity contribution is -0.143. The fraction of sp³-hybridized carbons (Fsp3) is 0.925. The molecule has 0 bridgehead atoms. The Bertz CT molecular complexity index is 878. The number of rotatable bonds is 49. The van der Waals surface area contributed by atoms with Crippen molar-refractivity contribution in [2.45, 2.75) is 302 Å². The van der Waals surface area contributed by atoms with Crippen molar-refractivity contribution in [3.8, 4) is 0 Å². The van der Waals surface area contributed by atoms with E-state index in [1.165, 1.54) is 218 Å². The maximum Gasteiger partial charge on any atom is 0.305 e. The first kappa shape index (κ1) is 57.6. The number of esters is 1. The van der Waals surface area contributed by atoms with Gasteiger partial charge in [0.25, 0.3) is 0 Å². The van der Waals surface area contributed by atoms with Crippen molar-refractivity contribution >= 4 is 11.9 Å². The monoisotopic (exact) mass is 834 g/mol. The maximum absolute atomic E-state index is 12.4. The van der Waals surface area contributed by atoms with E-state index in [0.717, 1.165) is 44.9 Å². The van der Waals surface area contributed by atoms with E-state index in [1.54, 1.807) is 6.08 Å². The molecular formula is C53H103NO5. The van der Waals surface area contributed by atoms with Gasteiger partial charge in [-0.1, -0.05) is 257 Å². The van der Waals surface area contributed by atoms with Crippen molar-refractivity contribution in [3.05, 3.63) is 12.2 Å². The molecule has 0 aromatic rings. The van der Waals surface area contributed by atoms with Crippen LogP contribution in [0.25, 0.3) is 0 Å². The summed E-state index contributed by atoms with van der Waals surface area (Å²) in [5.74, 6) is -0.0739. The van der Waals surface area contributed by atoms with Crippen LogP contribution in [0.2, 0.25) is 0 Å². The normalized spacial score (nSPS) is 12.7. The Morgan fingerprint density at radius 2 is 0.780 bits per heavy atom. The predicted molar refractivity (Wildman–Crippen MR) is 255 cm³/mol. The minimum Gasteiger partial charge on any atom is -0.466 e. The van der Waals surface area contributed by atoms with Crippen LogP contribution in [-0.4, -0.2) is 47.4 Å². The van der Waals surface area contributed by atoms with Gasteiger partial charge in [-0.25, -0.2) is 0 Å². The molecule has 0 radical (unpaired) electrons. The molecule has 0 aliphatic rings.